The van der Waals surface area contributed by atoms with E-state index in [1.807, 2.05) is 0 Å². The maximum Gasteiger partial charge on any atom is 0.209 e. The van der Waals surface area contributed by atoms with Gasteiger partial charge in [-0.3, -0.25) is 4.79 Å². The number of nitrogens with zero attached hydrogens (tertiary/aromatic N) is 2. The van der Waals surface area contributed by atoms with Gasteiger partial charge in [0.2, 0.25) is 6.41 Å². The molecule has 0 aromatic carbocycles. The smallest absolute Gasteiger partial charge is 0.209 e. The van der Waals surface area contributed by atoms with Gasteiger partial charge in [-0.15, -0.1) is 0 Å². The van der Waals surface area contributed by atoms with Gasteiger partial charge in [0, 0.05) is 20.7 Å². The zero-order valence-corrected chi connectivity index (χ0v) is 4.46. The molecule has 0 aliphatic rings. The fourth-order valence-corrected chi connectivity index (χ4v) is 0. The first kappa shape index (κ1) is 9.35. The highest BCUT2D eigenvalue weighted by molar-refractivity contribution is 5.45. The van der Waals surface area contributed by atoms with E-state index in [9.17, 15) is 4.79 Å². The number of hydrogen-bond acceptors (Lipinski definition) is 2. The molecule has 0 fully saturated rings. The van der Waals surface area contributed by atoms with E-state index >= 15 is 0 Å². The first-order chi connectivity index (χ1) is 3.27. The number of rotatable bonds is 1. The number of hydrogen-bond donors (Lipinski definition) is 0. The summed E-state index contributed by atoms with van der Waals surface area (Å²) in [5, 5.41) is 6.50. The molecule has 0 aliphatic heterocycles. The van der Waals surface area contributed by atoms with Gasteiger partial charge in [-0.25, -0.2) is 5.26 Å². The third kappa shape index (κ3) is 47.2. The Morgan fingerprint density at radius 3 is 1.71 bits per heavy atom. The molecule has 3 heteroatoms. The largest absolute Gasteiger partial charge is 0.351 e. The Labute approximate surface area is 43.2 Å². The molecule has 0 aromatic heterocycles. The van der Waals surface area contributed by atoms with Crippen LogP contribution in [0.15, 0.2) is 0 Å². The topological polar surface area (TPSA) is 44.1 Å². The Morgan fingerprint density at radius 1 is 1.57 bits per heavy atom. The second-order valence-corrected chi connectivity index (χ2v) is 1.07. The fraction of sp³-hybridized carbons (Fsp3) is 0.500. The fourth-order valence-electron chi connectivity index (χ4n) is 0. The molecule has 0 heterocycles. The molecule has 0 rings (SSSR count). The minimum atomic E-state index is 0.750. The van der Waals surface area contributed by atoms with Crippen LogP contribution < -0.4 is 0 Å². The van der Waals surface area contributed by atoms with E-state index < -0.39 is 0 Å². The van der Waals surface area contributed by atoms with Gasteiger partial charge in [0.15, 0.2) is 0 Å². The highest BCUT2D eigenvalue weighted by Crippen LogP contribution is 1.52. The SMILES string of the molecule is C#N.CN(C)C=O. The summed E-state index contributed by atoms with van der Waals surface area (Å²) >= 11 is 0. The minimum Gasteiger partial charge on any atom is -0.351 e. The van der Waals surface area contributed by atoms with Crippen molar-refractivity contribution in [2.24, 2.45) is 0 Å². The molecule has 0 spiro atoms. The quantitative estimate of drug-likeness (QED) is 0.430. The van der Waals surface area contributed by atoms with Crippen molar-refractivity contribution in [3.8, 4) is 6.57 Å². The molecule has 0 aromatic rings. The molecule has 0 aliphatic carbocycles. The Hall–Kier alpha value is -1.04. The van der Waals surface area contributed by atoms with Crippen LogP contribution in [-0.4, -0.2) is 25.4 Å². The summed E-state index contributed by atoms with van der Waals surface area (Å²) < 4.78 is 0. The van der Waals surface area contributed by atoms with E-state index in [0.29, 0.717) is 0 Å². The van der Waals surface area contributed by atoms with E-state index in [1.54, 1.807) is 14.1 Å². The maximum absolute atomic E-state index is 9.43. The minimum absolute atomic E-state index is 0.750. The summed E-state index contributed by atoms with van der Waals surface area (Å²) in [7, 11) is 3.38. The Bertz CT molecular complexity index is 58.0. The second-order valence-electron chi connectivity index (χ2n) is 1.07. The Balaban J connectivity index is 0. The van der Waals surface area contributed by atoms with E-state index in [4.69, 9.17) is 5.26 Å². The van der Waals surface area contributed by atoms with Gasteiger partial charge in [0.05, 0.1) is 0 Å². The molecule has 3 nitrogen and oxygen atoms in total. The van der Waals surface area contributed by atoms with E-state index in [0.717, 1.165) is 6.41 Å². The van der Waals surface area contributed by atoms with Gasteiger partial charge >= 0.3 is 0 Å². The molecule has 7 heavy (non-hydrogen) atoms. The highest BCUT2D eigenvalue weighted by atomic mass is 16.1. The van der Waals surface area contributed by atoms with Crippen LogP contribution >= 0.6 is 0 Å². The Kier molecular flexibility index (Phi) is 11.9. The summed E-state index contributed by atoms with van der Waals surface area (Å²) in [4.78, 5) is 10.9. The van der Waals surface area contributed by atoms with Crippen molar-refractivity contribution in [1.29, 1.82) is 5.26 Å². The number of carbonyl (C=O) groups is 1. The lowest BCUT2D eigenvalue weighted by Gasteiger charge is -1.93. The monoisotopic (exact) mass is 100 g/mol. The van der Waals surface area contributed by atoms with Crippen LogP contribution in [0.2, 0.25) is 0 Å². The molecular formula is C4H8N2O. The second kappa shape index (κ2) is 8.88. The molecule has 0 N–H and O–H groups in total. The van der Waals surface area contributed by atoms with Crippen molar-refractivity contribution in [1.82, 2.24) is 4.90 Å². The van der Waals surface area contributed by atoms with E-state index in [2.05, 4.69) is 6.57 Å². The maximum atomic E-state index is 9.43. The van der Waals surface area contributed by atoms with Crippen LogP contribution in [-0.2, 0) is 4.79 Å². The number of nitriles is 1. The van der Waals surface area contributed by atoms with Gasteiger partial charge < -0.3 is 4.90 Å². The van der Waals surface area contributed by atoms with Gasteiger partial charge in [-0.1, -0.05) is 0 Å². The third-order valence-electron chi connectivity index (χ3n) is 0.211. The van der Waals surface area contributed by atoms with Crippen LogP contribution in [0, 0.1) is 11.8 Å². The molecule has 0 bridgehead atoms. The zero-order chi connectivity index (χ0) is 6.28. The van der Waals surface area contributed by atoms with Crippen LogP contribution in [0.5, 0.6) is 0 Å². The van der Waals surface area contributed by atoms with E-state index in [1.165, 1.54) is 4.90 Å². The van der Waals surface area contributed by atoms with Gasteiger partial charge in [0.1, 0.15) is 0 Å². The number of amides is 1. The summed E-state index contributed by atoms with van der Waals surface area (Å²) in [6.45, 7) is 3.50. The van der Waals surface area contributed by atoms with E-state index in [-0.39, 0.29) is 0 Å². The van der Waals surface area contributed by atoms with Crippen LogP contribution in [0.1, 0.15) is 0 Å². The lowest BCUT2D eigenvalue weighted by atomic mass is 11.0. The first-order valence-corrected chi connectivity index (χ1v) is 1.65. The van der Waals surface area contributed by atoms with Gasteiger partial charge in [0.25, 0.3) is 0 Å². The average molecular weight is 100 g/mol. The van der Waals surface area contributed by atoms with Crippen molar-refractivity contribution in [2.75, 3.05) is 14.1 Å². The molecule has 40 valence electrons. The summed E-state index contributed by atoms with van der Waals surface area (Å²) in [6, 6.07) is 0. The molecular weight excluding hydrogens is 92.1 g/mol. The average Bonchev–Trinajstić information content (AvgIpc) is 1.73. The lowest BCUT2D eigenvalue weighted by Crippen LogP contribution is -2.06. The van der Waals surface area contributed by atoms with Crippen molar-refractivity contribution in [2.45, 2.75) is 0 Å². The zero-order valence-electron chi connectivity index (χ0n) is 4.46. The van der Waals surface area contributed by atoms with Gasteiger partial charge in [-0.05, 0) is 0 Å². The molecule has 1 amide bonds. The van der Waals surface area contributed by atoms with Crippen LogP contribution in [0.4, 0.5) is 0 Å². The summed E-state index contributed by atoms with van der Waals surface area (Å²) in [5.74, 6) is 0. The standard InChI is InChI=1S/C3H7NO.CHN/c1-4(2)3-5;1-2/h3H,1-2H3;1H. The molecule has 0 unspecified atom stereocenters. The summed E-state index contributed by atoms with van der Waals surface area (Å²) in [6.07, 6.45) is 0.750. The van der Waals surface area contributed by atoms with Gasteiger partial charge in [-0.2, -0.15) is 0 Å². The lowest BCUT2D eigenvalue weighted by molar-refractivity contribution is -0.115. The summed E-state index contributed by atoms with van der Waals surface area (Å²) in [5.41, 5.74) is 0. The highest BCUT2D eigenvalue weighted by Gasteiger charge is 1.68. The third-order valence-corrected chi connectivity index (χ3v) is 0.211. The predicted molar refractivity (Wildman–Crippen MR) is 26.4 cm³/mol. The first-order valence-electron chi connectivity index (χ1n) is 1.65. The predicted octanol–water partition coefficient (Wildman–Crippen LogP) is -0.156. The number of carbonyl (C=O) groups excluding carboxylic acids is 1. The van der Waals surface area contributed by atoms with Crippen LogP contribution in [0.3, 0.4) is 0 Å². The van der Waals surface area contributed by atoms with Crippen molar-refractivity contribution < 1.29 is 4.79 Å². The molecule has 0 radical (unpaired) electrons. The van der Waals surface area contributed by atoms with Crippen molar-refractivity contribution in [3.63, 3.8) is 0 Å². The molecule has 0 saturated heterocycles. The van der Waals surface area contributed by atoms with Crippen molar-refractivity contribution >= 4 is 6.41 Å². The Morgan fingerprint density at radius 2 is 1.71 bits per heavy atom. The normalized spacial score (nSPS) is 5.14. The van der Waals surface area contributed by atoms with Crippen molar-refractivity contribution in [3.05, 3.63) is 0 Å². The molecule has 0 saturated carbocycles. The van der Waals surface area contributed by atoms with Crippen LogP contribution in [0.25, 0.3) is 0 Å². The molecule has 0 atom stereocenters.